The summed E-state index contributed by atoms with van der Waals surface area (Å²) in [5.74, 6) is 1.51. The van der Waals surface area contributed by atoms with Crippen molar-refractivity contribution in [3.8, 4) is 10.7 Å². The highest BCUT2D eigenvalue weighted by Crippen LogP contribution is 2.21. The van der Waals surface area contributed by atoms with Crippen LogP contribution in [-0.2, 0) is 11.2 Å². The van der Waals surface area contributed by atoms with Crippen molar-refractivity contribution in [1.29, 1.82) is 0 Å². The second-order valence-corrected chi connectivity index (χ2v) is 8.26. The number of thiophene rings is 1. The van der Waals surface area contributed by atoms with Crippen LogP contribution >= 0.6 is 11.3 Å². The lowest BCUT2D eigenvalue weighted by Crippen LogP contribution is -2.54. The molecule has 0 spiro atoms. The molecule has 7 nitrogen and oxygen atoms in total. The fourth-order valence-corrected chi connectivity index (χ4v) is 3.91. The fourth-order valence-electron chi connectivity index (χ4n) is 3.26. The van der Waals surface area contributed by atoms with Crippen molar-refractivity contribution >= 4 is 17.2 Å². The molecule has 3 rings (SSSR count). The zero-order valence-electron chi connectivity index (χ0n) is 16.4. The number of rotatable bonds is 8. The zero-order chi connectivity index (χ0) is 19.2. The Morgan fingerprint density at radius 1 is 1.30 bits per heavy atom. The third-order valence-corrected chi connectivity index (χ3v) is 5.71. The number of hydrogen-bond acceptors (Lipinski definition) is 7. The van der Waals surface area contributed by atoms with Gasteiger partial charge in [-0.2, -0.15) is 4.98 Å². The highest BCUT2D eigenvalue weighted by molar-refractivity contribution is 7.13. The maximum atomic E-state index is 12.2. The number of amides is 1. The molecule has 0 aromatic carbocycles. The van der Waals surface area contributed by atoms with Crippen LogP contribution in [0.25, 0.3) is 10.7 Å². The first-order chi connectivity index (χ1) is 13.0. The number of nitrogens with one attached hydrogen (secondary N) is 1. The standard InChI is InChI=1S/C19H29N5O2S/c1-14(2)20-19(25)15(3)24-11-9-23(10-12-24)8-4-7-17-21-18(22-26-17)16-6-5-13-27-16/h5-6,13-15H,4,7-12H2,1-3H3,(H,20,25). The van der Waals surface area contributed by atoms with E-state index in [2.05, 4.69) is 25.3 Å². The van der Waals surface area contributed by atoms with Gasteiger partial charge in [-0.15, -0.1) is 11.3 Å². The van der Waals surface area contributed by atoms with Gasteiger partial charge in [0.05, 0.1) is 10.9 Å². The van der Waals surface area contributed by atoms with Crippen LogP contribution in [0.15, 0.2) is 22.0 Å². The van der Waals surface area contributed by atoms with E-state index in [-0.39, 0.29) is 18.0 Å². The monoisotopic (exact) mass is 391 g/mol. The van der Waals surface area contributed by atoms with Gasteiger partial charge in [0.2, 0.25) is 17.6 Å². The quantitative estimate of drug-likeness (QED) is 0.744. The van der Waals surface area contributed by atoms with E-state index in [9.17, 15) is 4.79 Å². The Kier molecular flexibility index (Phi) is 6.98. The molecular formula is C19H29N5O2S. The van der Waals surface area contributed by atoms with E-state index in [1.54, 1.807) is 11.3 Å². The number of hydrogen-bond donors (Lipinski definition) is 1. The van der Waals surface area contributed by atoms with Gasteiger partial charge >= 0.3 is 0 Å². The molecule has 1 aliphatic heterocycles. The molecule has 1 saturated heterocycles. The maximum absolute atomic E-state index is 12.2. The molecule has 1 unspecified atom stereocenters. The van der Waals surface area contributed by atoms with Crippen molar-refractivity contribution in [3.63, 3.8) is 0 Å². The Balaban J connectivity index is 1.37. The Morgan fingerprint density at radius 2 is 2.07 bits per heavy atom. The summed E-state index contributed by atoms with van der Waals surface area (Å²) in [6.07, 6.45) is 1.79. The minimum atomic E-state index is -0.0661. The number of piperazine rings is 1. The van der Waals surface area contributed by atoms with Crippen LogP contribution in [0.5, 0.6) is 0 Å². The van der Waals surface area contributed by atoms with Crippen molar-refractivity contribution in [2.24, 2.45) is 0 Å². The molecule has 1 amide bonds. The minimum absolute atomic E-state index is 0.0661. The van der Waals surface area contributed by atoms with Crippen LogP contribution in [0, 0.1) is 0 Å². The smallest absolute Gasteiger partial charge is 0.237 e. The van der Waals surface area contributed by atoms with Crippen LogP contribution < -0.4 is 5.32 Å². The molecular weight excluding hydrogens is 362 g/mol. The summed E-state index contributed by atoms with van der Waals surface area (Å²) in [6, 6.07) is 4.11. The highest BCUT2D eigenvalue weighted by atomic mass is 32.1. The molecule has 1 fully saturated rings. The van der Waals surface area contributed by atoms with E-state index < -0.39 is 0 Å². The lowest BCUT2D eigenvalue weighted by Gasteiger charge is -2.37. The van der Waals surface area contributed by atoms with Gasteiger partial charge in [0, 0.05) is 38.6 Å². The van der Waals surface area contributed by atoms with Crippen molar-refractivity contribution in [2.75, 3.05) is 32.7 Å². The second kappa shape index (κ2) is 9.43. The number of carbonyl (C=O) groups excluding carboxylic acids is 1. The fraction of sp³-hybridized carbons (Fsp3) is 0.632. The number of aryl methyl sites for hydroxylation is 1. The molecule has 1 atom stereocenters. The van der Waals surface area contributed by atoms with Crippen LogP contribution in [0.3, 0.4) is 0 Å². The summed E-state index contributed by atoms with van der Waals surface area (Å²) < 4.78 is 5.36. The molecule has 148 valence electrons. The molecule has 3 heterocycles. The summed E-state index contributed by atoms with van der Waals surface area (Å²) in [4.78, 5) is 22.4. The first kappa shape index (κ1) is 20.0. The molecule has 2 aromatic heterocycles. The van der Waals surface area contributed by atoms with Gasteiger partial charge in [-0.1, -0.05) is 11.2 Å². The zero-order valence-corrected chi connectivity index (χ0v) is 17.2. The van der Waals surface area contributed by atoms with E-state index in [1.165, 1.54) is 0 Å². The third kappa shape index (κ3) is 5.60. The molecule has 8 heteroatoms. The normalized spacial score (nSPS) is 17.3. The van der Waals surface area contributed by atoms with Crippen LogP contribution in [0.2, 0.25) is 0 Å². The van der Waals surface area contributed by atoms with Crippen molar-refractivity contribution in [1.82, 2.24) is 25.3 Å². The predicted molar refractivity (Wildman–Crippen MR) is 107 cm³/mol. The summed E-state index contributed by atoms with van der Waals surface area (Å²) in [6.45, 7) is 10.8. The first-order valence-corrected chi connectivity index (χ1v) is 10.5. The second-order valence-electron chi connectivity index (χ2n) is 7.31. The topological polar surface area (TPSA) is 74.5 Å². The van der Waals surface area contributed by atoms with Gasteiger partial charge in [0.25, 0.3) is 0 Å². The van der Waals surface area contributed by atoms with Gasteiger partial charge in [-0.3, -0.25) is 9.69 Å². The molecule has 2 aromatic rings. The molecule has 0 bridgehead atoms. The van der Waals surface area contributed by atoms with Gasteiger partial charge < -0.3 is 14.7 Å². The first-order valence-electron chi connectivity index (χ1n) is 9.66. The third-order valence-electron chi connectivity index (χ3n) is 4.84. The molecule has 27 heavy (non-hydrogen) atoms. The summed E-state index contributed by atoms with van der Waals surface area (Å²) in [5, 5.41) is 9.07. The van der Waals surface area contributed by atoms with E-state index in [4.69, 9.17) is 4.52 Å². The van der Waals surface area contributed by atoms with E-state index in [0.29, 0.717) is 11.7 Å². The summed E-state index contributed by atoms with van der Waals surface area (Å²) in [5.41, 5.74) is 0. The lowest BCUT2D eigenvalue weighted by atomic mass is 10.2. The summed E-state index contributed by atoms with van der Waals surface area (Å²) in [7, 11) is 0. The largest absolute Gasteiger partial charge is 0.353 e. The Hall–Kier alpha value is -1.77. The SMILES string of the molecule is CC(C)NC(=O)C(C)N1CCN(CCCc2nc(-c3cccs3)no2)CC1. The van der Waals surface area contributed by atoms with Gasteiger partial charge in [0.1, 0.15) is 0 Å². The Labute approximate surface area is 164 Å². The van der Waals surface area contributed by atoms with Crippen LogP contribution in [-0.4, -0.2) is 70.7 Å². The molecule has 0 radical (unpaired) electrons. The van der Waals surface area contributed by atoms with E-state index in [1.807, 2.05) is 38.3 Å². The highest BCUT2D eigenvalue weighted by Gasteiger charge is 2.25. The van der Waals surface area contributed by atoms with Crippen LogP contribution in [0.1, 0.15) is 33.1 Å². The Bertz CT molecular complexity index is 708. The maximum Gasteiger partial charge on any atom is 0.237 e. The number of carbonyl (C=O) groups is 1. The molecule has 1 N–H and O–H groups in total. The minimum Gasteiger partial charge on any atom is -0.353 e. The van der Waals surface area contributed by atoms with Gasteiger partial charge in [-0.05, 0) is 45.2 Å². The van der Waals surface area contributed by atoms with Crippen molar-refractivity contribution in [2.45, 2.75) is 45.7 Å². The molecule has 1 aliphatic rings. The number of aromatic nitrogens is 2. The Morgan fingerprint density at radius 3 is 2.74 bits per heavy atom. The van der Waals surface area contributed by atoms with Crippen LogP contribution in [0.4, 0.5) is 0 Å². The average Bonchev–Trinajstić information content (AvgIpc) is 3.32. The predicted octanol–water partition coefficient (Wildman–Crippen LogP) is 2.26. The lowest BCUT2D eigenvalue weighted by molar-refractivity contribution is -0.127. The van der Waals surface area contributed by atoms with E-state index >= 15 is 0 Å². The number of nitrogens with zero attached hydrogens (tertiary/aromatic N) is 4. The van der Waals surface area contributed by atoms with Gasteiger partial charge in [0.15, 0.2) is 0 Å². The molecule has 0 saturated carbocycles. The average molecular weight is 392 g/mol. The summed E-state index contributed by atoms with van der Waals surface area (Å²) >= 11 is 1.62. The van der Waals surface area contributed by atoms with Gasteiger partial charge in [-0.25, -0.2) is 0 Å². The van der Waals surface area contributed by atoms with Crippen molar-refractivity contribution < 1.29 is 9.32 Å². The van der Waals surface area contributed by atoms with Crippen molar-refractivity contribution in [3.05, 3.63) is 23.4 Å². The van der Waals surface area contributed by atoms with E-state index in [0.717, 1.165) is 50.4 Å². The molecule has 0 aliphatic carbocycles.